The van der Waals surface area contributed by atoms with Gasteiger partial charge in [-0.25, -0.2) is 0 Å². The van der Waals surface area contributed by atoms with Crippen LogP contribution in [0.25, 0.3) is 0 Å². The molecule has 2 atom stereocenters. The summed E-state index contributed by atoms with van der Waals surface area (Å²) in [4.78, 5) is 30.9. The van der Waals surface area contributed by atoms with E-state index >= 15 is 0 Å². The Morgan fingerprint density at radius 1 is 1.08 bits per heavy atom. The summed E-state index contributed by atoms with van der Waals surface area (Å²) >= 11 is 0. The quantitative estimate of drug-likeness (QED) is 0.809. The lowest BCUT2D eigenvalue weighted by atomic mass is 9.94. The lowest BCUT2D eigenvalue weighted by Gasteiger charge is -2.38. The van der Waals surface area contributed by atoms with E-state index in [1.807, 2.05) is 30.7 Å². The highest BCUT2D eigenvalue weighted by molar-refractivity contribution is 5.80. The van der Waals surface area contributed by atoms with E-state index in [0.717, 1.165) is 25.9 Å². The Bertz CT molecular complexity index is 427. The van der Waals surface area contributed by atoms with Gasteiger partial charge in [-0.2, -0.15) is 0 Å². The number of nitrogens with zero attached hydrogens (tertiary/aromatic N) is 3. The predicted molar refractivity (Wildman–Crippen MR) is 95.5 cm³/mol. The van der Waals surface area contributed by atoms with Crippen molar-refractivity contribution in [2.24, 2.45) is 11.7 Å². The molecule has 2 amide bonds. The van der Waals surface area contributed by atoms with Gasteiger partial charge in [-0.15, -0.1) is 0 Å². The molecule has 0 aromatic carbocycles. The lowest BCUT2D eigenvalue weighted by molar-refractivity contribution is -0.138. The molecule has 0 aromatic heterocycles. The highest BCUT2D eigenvalue weighted by atomic mass is 16.2. The Labute approximate surface area is 146 Å². The molecule has 2 rings (SSSR count). The average molecular weight is 338 g/mol. The fourth-order valence-corrected chi connectivity index (χ4v) is 3.61. The van der Waals surface area contributed by atoms with Crippen LogP contribution in [0, 0.1) is 5.92 Å². The number of carbonyl (C=O) groups excluding carboxylic acids is 2. The molecule has 2 aliphatic rings. The fourth-order valence-electron chi connectivity index (χ4n) is 3.61. The van der Waals surface area contributed by atoms with Crippen molar-refractivity contribution < 1.29 is 9.59 Å². The van der Waals surface area contributed by atoms with Gasteiger partial charge in [-0.1, -0.05) is 26.2 Å². The minimum Gasteiger partial charge on any atom is -0.342 e. The van der Waals surface area contributed by atoms with E-state index in [0.29, 0.717) is 25.7 Å². The van der Waals surface area contributed by atoms with Gasteiger partial charge < -0.3 is 15.5 Å². The number of piperazine rings is 1. The van der Waals surface area contributed by atoms with Gasteiger partial charge in [-0.05, 0) is 19.8 Å². The van der Waals surface area contributed by atoms with Crippen LogP contribution in [0.3, 0.4) is 0 Å². The SMILES string of the molecule is CC(N)C(C)C(=O)N1CCN(CC(=O)N(C)C2CCCCC2)CC1. The van der Waals surface area contributed by atoms with Crippen LogP contribution in [0.5, 0.6) is 0 Å². The molecule has 1 heterocycles. The van der Waals surface area contributed by atoms with Crippen LogP contribution in [0.1, 0.15) is 46.0 Å². The van der Waals surface area contributed by atoms with Gasteiger partial charge in [0, 0.05) is 45.3 Å². The zero-order valence-corrected chi connectivity index (χ0v) is 15.5. The number of hydrogen-bond acceptors (Lipinski definition) is 4. The molecule has 1 saturated carbocycles. The normalized spacial score (nSPS) is 22.9. The van der Waals surface area contributed by atoms with Gasteiger partial charge in [-0.3, -0.25) is 14.5 Å². The number of carbonyl (C=O) groups is 2. The first-order chi connectivity index (χ1) is 11.4. The summed E-state index contributed by atoms with van der Waals surface area (Å²) in [6, 6.07) is 0.294. The monoisotopic (exact) mass is 338 g/mol. The van der Waals surface area contributed by atoms with Crippen LogP contribution >= 0.6 is 0 Å². The average Bonchev–Trinajstić information content (AvgIpc) is 2.61. The molecular formula is C18H34N4O2. The molecule has 0 aromatic rings. The van der Waals surface area contributed by atoms with Gasteiger partial charge in [0.05, 0.1) is 12.5 Å². The van der Waals surface area contributed by atoms with Crippen LogP contribution in [0.2, 0.25) is 0 Å². The Kier molecular flexibility index (Phi) is 7.04. The Morgan fingerprint density at radius 3 is 2.21 bits per heavy atom. The minimum atomic E-state index is -0.143. The molecule has 138 valence electrons. The summed E-state index contributed by atoms with van der Waals surface area (Å²) in [5, 5.41) is 0. The van der Waals surface area contributed by atoms with E-state index in [4.69, 9.17) is 5.73 Å². The fraction of sp³-hybridized carbons (Fsp3) is 0.889. The zero-order chi connectivity index (χ0) is 17.7. The maximum Gasteiger partial charge on any atom is 0.236 e. The Balaban J connectivity index is 1.76. The summed E-state index contributed by atoms with van der Waals surface area (Å²) < 4.78 is 0. The van der Waals surface area contributed by atoms with Crippen molar-refractivity contribution in [2.75, 3.05) is 39.8 Å². The summed E-state index contributed by atoms with van der Waals surface area (Å²) in [7, 11) is 1.95. The van der Waals surface area contributed by atoms with Crippen LogP contribution in [-0.4, -0.2) is 78.4 Å². The van der Waals surface area contributed by atoms with Crippen molar-refractivity contribution in [1.29, 1.82) is 0 Å². The van der Waals surface area contributed by atoms with Crippen LogP contribution in [0.15, 0.2) is 0 Å². The smallest absolute Gasteiger partial charge is 0.236 e. The van der Waals surface area contributed by atoms with E-state index in [9.17, 15) is 9.59 Å². The molecule has 0 radical (unpaired) electrons. The number of nitrogens with two attached hydrogens (primary N) is 1. The van der Waals surface area contributed by atoms with Crippen molar-refractivity contribution in [1.82, 2.24) is 14.7 Å². The van der Waals surface area contributed by atoms with Crippen LogP contribution < -0.4 is 5.73 Å². The van der Waals surface area contributed by atoms with Crippen molar-refractivity contribution in [2.45, 2.75) is 58.0 Å². The molecule has 2 N–H and O–H groups in total. The Hall–Kier alpha value is -1.14. The Morgan fingerprint density at radius 2 is 1.67 bits per heavy atom. The van der Waals surface area contributed by atoms with Gasteiger partial charge in [0.1, 0.15) is 0 Å². The molecule has 6 nitrogen and oxygen atoms in total. The van der Waals surface area contributed by atoms with Crippen LogP contribution in [0.4, 0.5) is 0 Å². The number of likely N-dealkylation sites (N-methyl/N-ethyl adjacent to an activating group) is 1. The summed E-state index contributed by atoms with van der Waals surface area (Å²) in [5.74, 6) is 0.205. The second-order valence-corrected chi connectivity index (χ2v) is 7.55. The van der Waals surface area contributed by atoms with Gasteiger partial charge in [0.2, 0.25) is 11.8 Å². The maximum atomic E-state index is 12.5. The highest BCUT2D eigenvalue weighted by Gasteiger charge is 2.28. The van der Waals surface area contributed by atoms with E-state index in [2.05, 4.69) is 4.90 Å². The third kappa shape index (κ3) is 4.93. The van der Waals surface area contributed by atoms with E-state index < -0.39 is 0 Å². The molecule has 0 bridgehead atoms. The molecule has 0 spiro atoms. The number of hydrogen-bond donors (Lipinski definition) is 1. The molecule has 1 aliphatic carbocycles. The molecule has 2 fully saturated rings. The summed E-state index contributed by atoms with van der Waals surface area (Å²) in [6.45, 7) is 7.15. The highest BCUT2D eigenvalue weighted by Crippen LogP contribution is 2.21. The second kappa shape index (κ2) is 8.81. The van der Waals surface area contributed by atoms with Gasteiger partial charge in [0.25, 0.3) is 0 Å². The molecule has 24 heavy (non-hydrogen) atoms. The molecule has 1 saturated heterocycles. The zero-order valence-electron chi connectivity index (χ0n) is 15.5. The minimum absolute atomic E-state index is 0.124. The first-order valence-corrected chi connectivity index (χ1v) is 9.42. The largest absolute Gasteiger partial charge is 0.342 e. The van der Waals surface area contributed by atoms with Crippen LogP contribution in [-0.2, 0) is 9.59 Å². The molecule has 1 aliphatic heterocycles. The molecular weight excluding hydrogens is 304 g/mol. The summed E-state index contributed by atoms with van der Waals surface area (Å²) in [5.41, 5.74) is 5.83. The molecule has 2 unspecified atom stereocenters. The lowest BCUT2D eigenvalue weighted by Crippen LogP contribution is -2.54. The van der Waals surface area contributed by atoms with E-state index in [1.54, 1.807) is 0 Å². The number of rotatable bonds is 5. The third-order valence-electron chi connectivity index (χ3n) is 5.74. The predicted octanol–water partition coefficient (Wildman–Crippen LogP) is 0.905. The topological polar surface area (TPSA) is 69.9 Å². The van der Waals surface area contributed by atoms with Crippen molar-refractivity contribution in [3.63, 3.8) is 0 Å². The van der Waals surface area contributed by atoms with Crippen molar-refractivity contribution in [3.05, 3.63) is 0 Å². The van der Waals surface area contributed by atoms with Gasteiger partial charge >= 0.3 is 0 Å². The van der Waals surface area contributed by atoms with Crippen molar-refractivity contribution in [3.8, 4) is 0 Å². The van der Waals surface area contributed by atoms with Crippen molar-refractivity contribution >= 4 is 11.8 Å². The summed E-state index contributed by atoms with van der Waals surface area (Å²) in [6.07, 6.45) is 6.05. The first kappa shape index (κ1) is 19.2. The third-order valence-corrected chi connectivity index (χ3v) is 5.74. The van der Waals surface area contributed by atoms with Gasteiger partial charge in [0.15, 0.2) is 0 Å². The maximum absolute atomic E-state index is 12.5. The molecule has 6 heteroatoms. The second-order valence-electron chi connectivity index (χ2n) is 7.55. The van der Waals surface area contributed by atoms with E-state index in [-0.39, 0.29) is 23.8 Å². The number of amides is 2. The first-order valence-electron chi connectivity index (χ1n) is 9.42. The standard InChI is InChI=1S/C18H34N4O2/c1-14(15(2)19)18(24)22-11-9-21(10-12-22)13-17(23)20(3)16-7-5-4-6-8-16/h14-16H,4-13,19H2,1-3H3. The van der Waals surface area contributed by atoms with E-state index in [1.165, 1.54) is 19.3 Å².